The van der Waals surface area contributed by atoms with E-state index in [1.807, 2.05) is 18.2 Å². The van der Waals surface area contributed by atoms with Gasteiger partial charge >= 0.3 is 12.1 Å². The molecule has 2 saturated heterocycles. The summed E-state index contributed by atoms with van der Waals surface area (Å²) in [5.74, 6) is 0.0353. The van der Waals surface area contributed by atoms with Gasteiger partial charge in [0.25, 0.3) is 5.91 Å². The Hall–Kier alpha value is -3.95. The van der Waals surface area contributed by atoms with Gasteiger partial charge in [-0.3, -0.25) is 19.8 Å². The topological polar surface area (TPSA) is 115 Å². The lowest BCUT2D eigenvalue weighted by molar-refractivity contribution is -0.126. The second-order valence-electron chi connectivity index (χ2n) is 8.60. The predicted molar refractivity (Wildman–Crippen MR) is 120 cm³/mol. The monoisotopic (exact) mass is 448 g/mol. The third-order valence-corrected chi connectivity index (χ3v) is 6.73. The molecule has 3 aliphatic rings. The Kier molecular flexibility index (Phi) is 4.99. The van der Waals surface area contributed by atoms with Gasteiger partial charge in [-0.2, -0.15) is 0 Å². The van der Waals surface area contributed by atoms with Crippen molar-refractivity contribution in [2.24, 2.45) is 0 Å². The highest BCUT2D eigenvalue weighted by Gasteiger charge is 2.52. The maximum absolute atomic E-state index is 12.7. The highest BCUT2D eigenvalue weighted by Crippen LogP contribution is 2.36. The molecule has 3 heterocycles. The van der Waals surface area contributed by atoms with E-state index in [1.54, 1.807) is 36.3 Å². The van der Waals surface area contributed by atoms with Gasteiger partial charge < -0.3 is 15.1 Å². The first-order valence-electron chi connectivity index (χ1n) is 10.9. The van der Waals surface area contributed by atoms with Crippen molar-refractivity contribution >= 4 is 35.4 Å². The number of amides is 6. The number of fused-ring (bicyclic) bond motifs is 1. The molecular weight excluding hydrogens is 424 g/mol. The van der Waals surface area contributed by atoms with Crippen LogP contribution in [0.5, 0.6) is 0 Å². The van der Waals surface area contributed by atoms with Crippen molar-refractivity contribution in [3.8, 4) is 0 Å². The first-order valence-corrected chi connectivity index (χ1v) is 10.9. The molecule has 1 atom stereocenters. The number of carbonyl (C=O) groups excluding carboxylic acids is 4. The summed E-state index contributed by atoms with van der Waals surface area (Å²) >= 11 is 0. The van der Waals surface area contributed by atoms with E-state index >= 15 is 0 Å². The van der Waals surface area contributed by atoms with E-state index in [1.165, 1.54) is 9.80 Å². The molecule has 1 aromatic heterocycles. The van der Waals surface area contributed by atoms with E-state index < -0.39 is 5.54 Å². The van der Waals surface area contributed by atoms with Gasteiger partial charge in [-0.15, -0.1) is 0 Å². The van der Waals surface area contributed by atoms with Crippen LogP contribution < -0.4 is 15.5 Å². The highest BCUT2D eigenvalue weighted by atomic mass is 16.2. The van der Waals surface area contributed by atoms with Crippen LogP contribution in [-0.4, -0.2) is 70.9 Å². The molecule has 2 aromatic rings. The number of aryl methyl sites for hydroxylation is 1. The van der Waals surface area contributed by atoms with Crippen LogP contribution in [0.15, 0.2) is 42.6 Å². The summed E-state index contributed by atoms with van der Waals surface area (Å²) in [5, 5.41) is 5.27. The third-order valence-electron chi connectivity index (χ3n) is 6.73. The van der Waals surface area contributed by atoms with Crippen LogP contribution in [-0.2, 0) is 22.4 Å². The number of benzene rings is 1. The summed E-state index contributed by atoms with van der Waals surface area (Å²) < 4.78 is 0. The van der Waals surface area contributed by atoms with Crippen molar-refractivity contribution in [1.29, 1.82) is 0 Å². The average Bonchev–Trinajstić information content (AvgIpc) is 3.26. The molecule has 0 radical (unpaired) electrons. The highest BCUT2D eigenvalue weighted by molar-refractivity contribution is 6.07. The van der Waals surface area contributed by atoms with E-state index in [-0.39, 0.29) is 30.4 Å². The molecule has 10 heteroatoms. The third kappa shape index (κ3) is 3.57. The maximum atomic E-state index is 12.7. The van der Waals surface area contributed by atoms with Gasteiger partial charge in [0.2, 0.25) is 5.91 Å². The van der Waals surface area contributed by atoms with Gasteiger partial charge in [-0.25, -0.2) is 14.6 Å². The summed E-state index contributed by atoms with van der Waals surface area (Å²) in [7, 11) is 1.65. The van der Waals surface area contributed by atoms with E-state index in [9.17, 15) is 19.2 Å². The van der Waals surface area contributed by atoms with Crippen molar-refractivity contribution in [2.75, 3.05) is 36.9 Å². The lowest BCUT2D eigenvalue weighted by Gasteiger charge is -2.37. The molecule has 6 amide bonds. The minimum Gasteiger partial charge on any atom is -0.325 e. The fourth-order valence-corrected chi connectivity index (χ4v) is 4.81. The number of rotatable bonds is 4. The fraction of sp³-hybridized carbons (Fsp3) is 0.348. The zero-order valence-electron chi connectivity index (χ0n) is 18.2. The summed E-state index contributed by atoms with van der Waals surface area (Å²) in [5.41, 5.74) is 1.82. The van der Waals surface area contributed by atoms with Crippen LogP contribution >= 0.6 is 0 Å². The number of pyridine rings is 1. The zero-order chi connectivity index (χ0) is 23.2. The number of anilines is 2. The van der Waals surface area contributed by atoms with Gasteiger partial charge in [0, 0.05) is 38.4 Å². The maximum Gasteiger partial charge on any atom is 0.326 e. The molecule has 10 nitrogen and oxygen atoms in total. The molecule has 1 spiro atoms. The lowest BCUT2D eigenvalue weighted by atomic mass is 9.77. The van der Waals surface area contributed by atoms with Gasteiger partial charge in [-0.05, 0) is 48.2 Å². The molecule has 1 unspecified atom stereocenters. The molecule has 2 aliphatic heterocycles. The van der Waals surface area contributed by atoms with Crippen molar-refractivity contribution in [2.45, 2.75) is 24.8 Å². The number of likely N-dealkylation sites (N-methyl/N-ethyl adjacent to an activating group) is 1. The van der Waals surface area contributed by atoms with E-state index in [2.05, 4.69) is 15.6 Å². The molecule has 33 heavy (non-hydrogen) atoms. The number of imide groups is 1. The van der Waals surface area contributed by atoms with E-state index in [4.69, 9.17) is 0 Å². The van der Waals surface area contributed by atoms with Crippen LogP contribution in [0.3, 0.4) is 0 Å². The molecule has 0 bridgehead atoms. The Labute approximate surface area is 190 Å². The predicted octanol–water partition coefficient (Wildman–Crippen LogP) is 1.37. The number of nitrogens with zero attached hydrogens (tertiary/aromatic N) is 4. The number of aromatic nitrogens is 1. The van der Waals surface area contributed by atoms with E-state index in [0.29, 0.717) is 43.9 Å². The normalized spacial score (nSPS) is 22.1. The van der Waals surface area contributed by atoms with Crippen LogP contribution in [0.25, 0.3) is 0 Å². The van der Waals surface area contributed by atoms with Gasteiger partial charge in [0.15, 0.2) is 0 Å². The molecular formula is C23H24N6O4. The standard InChI is InChI=1S/C23H24N6O4/c1-27-21(32)26-20(31)23(27)8-7-15-12-17(6-5-16(15)13-23)25-19(30)14-28-10-11-29(22(28)33)18-4-2-3-9-24-18/h2-6,9,12H,7-8,10-11,13-14H2,1H3,(H,25,30)(H,26,31,32). The smallest absolute Gasteiger partial charge is 0.325 e. The Morgan fingerprint density at radius 3 is 2.73 bits per heavy atom. The zero-order valence-corrected chi connectivity index (χ0v) is 18.2. The van der Waals surface area contributed by atoms with Crippen LogP contribution in [0, 0.1) is 0 Å². The van der Waals surface area contributed by atoms with Crippen molar-refractivity contribution < 1.29 is 19.2 Å². The van der Waals surface area contributed by atoms with Crippen molar-refractivity contribution in [3.63, 3.8) is 0 Å². The molecule has 170 valence electrons. The second-order valence-corrected chi connectivity index (χ2v) is 8.60. The summed E-state index contributed by atoms with van der Waals surface area (Å²) in [6, 6.07) is 10.3. The number of urea groups is 2. The number of hydrogen-bond acceptors (Lipinski definition) is 5. The Morgan fingerprint density at radius 2 is 2.00 bits per heavy atom. The average molecular weight is 448 g/mol. The molecule has 2 fully saturated rings. The summed E-state index contributed by atoms with van der Waals surface area (Å²) in [6.45, 7) is 0.882. The number of carbonyl (C=O) groups is 4. The second kappa shape index (κ2) is 7.88. The van der Waals surface area contributed by atoms with Gasteiger partial charge in [0.05, 0.1) is 0 Å². The van der Waals surface area contributed by atoms with Crippen LogP contribution in [0.4, 0.5) is 21.1 Å². The van der Waals surface area contributed by atoms with Crippen LogP contribution in [0.1, 0.15) is 17.5 Å². The number of nitrogens with one attached hydrogen (secondary N) is 2. The minimum atomic E-state index is -0.843. The summed E-state index contributed by atoms with van der Waals surface area (Å²) in [6.07, 6.45) is 3.21. The molecule has 2 N–H and O–H groups in total. The first kappa shape index (κ1) is 20.9. The number of hydrogen-bond donors (Lipinski definition) is 2. The molecule has 1 aliphatic carbocycles. The molecule has 1 aromatic carbocycles. The van der Waals surface area contributed by atoms with Crippen LogP contribution in [0.2, 0.25) is 0 Å². The Bertz CT molecular complexity index is 1150. The Morgan fingerprint density at radius 1 is 1.15 bits per heavy atom. The first-order chi connectivity index (χ1) is 15.9. The fourth-order valence-electron chi connectivity index (χ4n) is 4.81. The quantitative estimate of drug-likeness (QED) is 0.686. The minimum absolute atomic E-state index is 0.0462. The molecule has 5 rings (SSSR count). The Balaban J connectivity index is 1.23. The largest absolute Gasteiger partial charge is 0.326 e. The SMILES string of the molecule is CN1C(=O)NC(=O)C12CCc1cc(NC(=O)CN3CCN(c4ccccn4)C3=O)ccc1C2. The van der Waals surface area contributed by atoms with Gasteiger partial charge in [0.1, 0.15) is 17.9 Å². The molecule has 0 saturated carbocycles. The van der Waals surface area contributed by atoms with Gasteiger partial charge in [-0.1, -0.05) is 12.1 Å². The van der Waals surface area contributed by atoms with Crippen molar-refractivity contribution in [3.05, 3.63) is 53.7 Å². The van der Waals surface area contributed by atoms with E-state index in [0.717, 1.165) is 11.1 Å². The van der Waals surface area contributed by atoms with Crippen molar-refractivity contribution in [1.82, 2.24) is 20.1 Å². The summed E-state index contributed by atoms with van der Waals surface area (Å²) in [4.78, 5) is 58.4. The lowest BCUT2D eigenvalue weighted by Crippen LogP contribution is -2.51.